The minimum Gasteiger partial charge on any atom is -0.292 e. The van der Waals surface area contributed by atoms with E-state index in [0.29, 0.717) is 29.2 Å². The summed E-state index contributed by atoms with van der Waals surface area (Å²) in [6, 6.07) is 3.52. The molecule has 0 atom stereocenters. The molecule has 0 aliphatic carbocycles. The molecule has 0 spiro atoms. The number of fused-ring (bicyclic) bond motifs is 1. The fourth-order valence-electron chi connectivity index (χ4n) is 3.48. The molecule has 0 aliphatic heterocycles. The standard InChI is InChI=1S/C20H21N9O6S2/c1-10-15(21-6)18(25-23-16-17(20(3,4)5)27-28-11(2)22-24-19(16)28)29(26-10)13-9-12(37(31,32)33)7-8-14(13)36-35-34-30/h7-9,27,30H,1-5H3,(H,31,32,33). The van der Waals surface area contributed by atoms with Crippen LogP contribution in [-0.2, 0) is 24.9 Å². The van der Waals surface area contributed by atoms with Gasteiger partial charge in [-0.25, -0.2) is 19.3 Å². The van der Waals surface area contributed by atoms with Crippen molar-refractivity contribution < 1.29 is 27.6 Å². The zero-order valence-electron chi connectivity index (χ0n) is 20.2. The number of azo groups is 1. The number of aromatic amines is 1. The molecule has 0 aliphatic rings. The number of hydrogen-bond donors (Lipinski definition) is 3. The Balaban J connectivity index is 1.96. The van der Waals surface area contributed by atoms with Crippen LogP contribution in [0.2, 0.25) is 0 Å². The van der Waals surface area contributed by atoms with Crippen LogP contribution in [0.4, 0.5) is 17.2 Å². The summed E-state index contributed by atoms with van der Waals surface area (Å²) in [4.78, 5) is 3.28. The molecule has 194 valence electrons. The highest BCUT2D eigenvalue weighted by atomic mass is 32.2. The van der Waals surface area contributed by atoms with Gasteiger partial charge in [0.05, 0.1) is 45.5 Å². The summed E-state index contributed by atoms with van der Waals surface area (Å²) in [5, 5.41) is 36.8. The molecular formula is C20H21N9O6S2. The molecule has 3 N–H and O–H groups in total. The summed E-state index contributed by atoms with van der Waals surface area (Å²) in [6.07, 6.45) is 0. The second kappa shape index (κ2) is 9.66. The first-order chi connectivity index (χ1) is 17.4. The van der Waals surface area contributed by atoms with E-state index >= 15 is 0 Å². The lowest BCUT2D eigenvalue weighted by Crippen LogP contribution is -2.12. The molecular weight excluding hydrogens is 526 g/mol. The van der Waals surface area contributed by atoms with E-state index in [0.717, 1.165) is 17.8 Å². The number of nitrogens with one attached hydrogen (secondary N) is 1. The highest BCUT2D eigenvalue weighted by molar-refractivity contribution is 7.94. The first-order valence-electron chi connectivity index (χ1n) is 10.5. The van der Waals surface area contributed by atoms with Gasteiger partial charge in [-0.1, -0.05) is 25.8 Å². The molecule has 0 saturated carbocycles. The fourth-order valence-corrected chi connectivity index (χ4v) is 4.44. The van der Waals surface area contributed by atoms with Crippen LogP contribution in [0.1, 0.15) is 38.0 Å². The normalized spacial score (nSPS) is 12.6. The zero-order valence-corrected chi connectivity index (χ0v) is 21.8. The largest absolute Gasteiger partial charge is 0.294 e. The number of H-pyrrole nitrogens is 1. The van der Waals surface area contributed by atoms with Gasteiger partial charge in [-0.2, -0.15) is 13.5 Å². The fraction of sp³-hybridized carbons (Fsp3) is 0.300. The van der Waals surface area contributed by atoms with Crippen LogP contribution in [-0.4, -0.2) is 47.8 Å². The molecule has 0 amide bonds. The lowest BCUT2D eigenvalue weighted by molar-refractivity contribution is -0.432. The van der Waals surface area contributed by atoms with Crippen LogP contribution < -0.4 is 0 Å². The Morgan fingerprint density at radius 2 is 1.95 bits per heavy atom. The van der Waals surface area contributed by atoms with Gasteiger partial charge in [-0.3, -0.25) is 9.65 Å². The predicted molar refractivity (Wildman–Crippen MR) is 130 cm³/mol. The van der Waals surface area contributed by atoms with Crippen molar-refractivity contribution in [1.82, 2.24) is 29.6 Å². The van der Waals surface area contributed by atoms with Crippen LogP contribution in [0.25, 0.3) is 16.2 Å². The molecule has 37 heavy (non-hydrogen) atoms. The first kappa shape index (κ1) is 26.4. The topological polar surface area (TPSA) is 186 Å². The molecule has 0 fully saturated rings. The summed E-state index contributed by atoms with van der Waals surface area (Å²) < 4.78 is 40.6. The van der Waals surface area contributed by atoms with Crippen molar-refractivity contribution in [3.8, 4) is 5.69 Å². The Morgan fingerprint density at radius 1 is 1.22 bits per heavy atom. The Kier molecular flexibility index (Phi) is 6.89. The summed E-state index contributed by atoms with van der Waals surface area (Å²) >= 11 is 0.533. The molecule has 0 radical (unpaired) electrons. The molecule has 0 unspecified atom stereocenters. The Bertz CT molecular complexity index is 1670. The predicted octanol–water partition coefficient (Wildman–Crippen LogP) is 4.80. The minimum atomic E-state index is -4.59. The van der Waals surface area contributed by atoms with E-state index in [4.69, 9.17) is 11.8 Å². The van der Waals surface area contributed by atoms with Crippen LogP contribution in [0, 0.1) is 20.4 Å². The maximum atomic E-state index is 11.8. The summed E-state index contributed by atoms with van der Waals surface area (Å²) in [7, 11) is -4.59. The third-order valence-corrected chi connectivity index (χ3v) is 6.72. The molecule has 0 bridgehead atoms. The molecule has 1 aromatic carbocycles. The van der Waals surface area contributed by atoms with Crippen molar-refractivity contribution in [2.24, 2.45) is 10.2 Å². The first-order valence-corrected chi connectivity index (χ1v) is 12.6. The maximum Gasteiger partial charge on any atom is 0.294 e. The van der Waals surface area contributed by atoms with Gasteiger partial charge in [0.2, 0.25) is 5.65 Å². The Hall–Kier alpha value is -3.66. The summed E-state index contributed by atoms with van der Waals surface area (Å²) in [6.45, 7) is 16.9. The Morgan fingerprint density at radius 3 is 2.57 bits per heavy atom. The van der Waals surface area contributed by atoms with E-state index in [1.807, 2.05) is 20.8 Å². The lowest BCUT2D eigenvalue weighted by Gasteiger charge is -2.16. The number of aromatic nitrogens is 6. The second-order valence-corrected chi connectivity index (χ2v) is 11.0. The Labute approximate surface area is 214 Å². The van der Waals surface area contributed by atoms with Gasteiger partial charge in [-0.15, -0.1) is 24.8 Å². The summed E-state index contributed by atoms with van der Waals surface area (Å²) in [5.74, 6) is 0.585. The number of benzene rings is 1. The van der Waals surface area contributed by atoms with Crippen LogP contribution in [0.15, 0.2) is 38.2 Å². The molecule has 17 heteroatoms. The molecule has 15 nitrogen and oxygen atoms in total. The zero-order chi connectivity index (χ0) is 27.1. The van der Waals surface area contributed by atoms with Gasteiger partial charge >= 0.3 is 0 Å². The highest BCUT2D eigenvalue weighted by Crippen LogP contribution is 2.40. The number of hydrogen-bond acceptors (Lipinski definition) is 11. The second-order valence-electron chi connectivity index (χ2n) is 8.80. The van der Waals surface area contributed by atoms with Crippen LogP contribution in [0.5, 0.6) is 0 Å². The van der Waals surface area contributed by atoms with E-state index in [2.05, 4.69) is 44.8 Å². The van der Waals surface area contributed by atoms with Crippen molar-refractivity contribution in [2.45, 2.75) is 49.8 Å². The van der Waals surface area contributed by atoms with Crippen molar-refractivity contribution in [2.75, 3.05) is 0 Å². The van der Waals surface area contributed by atoms with Crippen molar-refractivity contribution in [3.63, 3.8) is 0 Å². The van der Waals surface area contributed by atoms with Crippen LogP contribution >= 0.6 is 12.0 Å². The number of nitrogens with zero attached hydrogens (tertiary/aromatic N) is 8. The molecule has 0 saturated heterocycles. The minimum absolute atomic E-state index is 0.0257. The SMILES string of the molecule is [C-]#[N+]c1c(C)nn(-c2cc(S(=O)(=O)O)ccc2SOOO)c1N=Nc1c(C(C)(C)C)[nH]n2c(C)nnc12. The van der Waals surface area contributed by atoms with Gasteiger partial charge in [0.1, 0.15) is 5.82 Å². The average Bonchev–Trinajstić information content (AvgIpc) is 3.47. The van der Waals surface area contributed by atoms with Gasteiger partial charge < -0.3 is 0 Å². The smallest absolute Gasteiger partial charge is 0.292 e. The van der Waals surface area contributed by atoms with Crippen molar-refractivity contribution in [1.29, 1.82) is 0 Å². The third-order valence-electron chi connectivity index (χ3n) is 5.22. The quantitative estimate of drug-likeness (QED) is 0.0724. The molecule has 4 rings (SSSR count). The van der Waals surface area contributed by atoms with Gasteiger partial charge in [0, 0.05) is 5.41 Å². The van der Waals surface area contributed by atoms with Gasteiger partial charge in [0.25, 0.3) is 15.8 Å². The van der Waals surface area contributed by atoms with E-state index in [-0.39, 0.29) is 33.2 Å². The van der Waals surface area contributed by atoms with Gasteiger partial charge in [0.15, 0.2) is 11.5 Å². The average molecular weight is 548 g/mol. The van der Waals surface area contributed by atoms with Crippen LogP contribution in [0.3, 0.4) is 0 Å². The summed E-state index contributed by atoms with van der Waals surface area (Å²) in [5.41, 5.74) is 1.55. The molecule has 4 aromatic rings. The monoisotopic (exact) mass is 547 g/mol. The third kappa shape index (κ3) is 4.98. The van der Waals surface area contributed by atoms with Gasteiger partial charge in [-0.05, 0) is 32.0 Å². The maximum absolute atomic E-state index is 11.8. The van der Waals surface area contributed by atoms with E-state index in [9.17, 15) is 13.0 Å². The van der Waals surface area contributed by atoms with Crippen molar-refractivity contribution in [3.05, 3.63) is 46.8 Å². The highest BCUT2D eigenvalue weighted by Gasteiger charge is 2.27. The lowest BCUT2D eigenvalue weighted by atomic mass is 9.91. The van der Waals surface area contributed by atoms with E-state index in [1.54, 1.807) is 18.4 Å². The van der Waals surface area contributed by atoms with E-state index < -0.39 is 15.0 Å². The molecule has 3 heterocycles. The number of rotatable bonds is 7. The molecule has 3 aromatic heterocycles. The van der Waals surface area contributed by atoms with E-state index in [1.165, 1.54) is 10.7 Å². The van der Waals surface area contributed by atoms with Crippen molar-refractivity contribution >= 4 is 45.0 Å². The number of aryl methyl sites for hydroxylation is 2.